The highest BCUT2D eigenvalue weighted by molar-refractivity contribution is 8.00. The number of halogens is 1. The van der Waals surface area contributed by atoms with Gasteiger partial charge in [0, 0.05) is 18.0 Å². The Morgan fingerprint density at radius 2 is 2.42 bits per heavy atom. The number of carbonyl (C=O) groups excluding carboxylic acids is 1. The summed E-state index contributed by atoms with van der Waals surface area (Å²) in [4.78, 5) is 11.8. The lowest BCUT2D eigenvalue weighted by Crippen LogP contribution is -2.17. The van der Waals surface area contributed by atoms with Crippen LogP contribution in [0.3, 0.4) is 0 Å². The standard InChI is InChI=1S/C13H17ClN2O2S/c14-11-6-9(15)3-4-12(11)16-13(17)8-19-7-10-2-1-5-18-10/h3-4,6,10H,1-2,5,7-8,15H2,(H,16,17). The van der Waals surface area contributed by atoms with Crippen LogP contribution in [-0.4, -0.2) is 30.1 Å². The summed E-state index contributed by atoms with van der Waals surface area (Å²) in [6.07, 6.45) is 2.52. The fourth-order valence-electron chi connectivity index (χ4n) is 1.88. The Hall–Kier alpha value is -0.910. The summed E-state index contributed by atoms with van der Waals surface area (Å²) in [7, 11) is 0. The fourth-order valence-corrected chi connectivity index (χ4v) is 3.02. The molecule has 1 unspecified atom stereocenters. The van der Waals surface area contributed by atoms with E-state index in [1.165, 1.54) is 0 Å². The molecule has 1 aromatic carbocycles. The van der Waals surface area contributed by atoms with Gasteiger partial charge in [-0.3, -0.25) is 4.79 Å². The molecule has 0 aromatic heterocycles. The maximum atomic E-state index is 11.8. The molecule has 6 heteroatoms. The molecule has 3 N–H and O–H groups in total. The molecular weight excluding hydrogens is 284 g/mol. The van der Waals surface area contributed by atoms with Crippen LogP contribution in [0.2, 0.25) is 5.02 Å². The Kier molecular flexibility index (Phi) is 5.36. The minimum Gasteiger partial charge on any atom is -0.399 e. The second kappa shape index (κ2) is 7.03. The average Bonchev–Trinajstić information content (AvgIpc) is 2.86. The van der Waals surface area contributed by atoms with Crippen LogP contribution in [0.5, 0.6) is 0 Å². The Balaban J connectivity index is 1.74. The first-order chi connectivity index (χ1) is 9.15. The van der Waals surface area contributed by atoms with Gasteiger partial charge in [0.05, 0.1) is 22.6 Å². The number of ether oxygens (including phenoxy) is 1. The number of carbonyl (C=O) groups is 1. The Bertz CT molecular complexity index is 450. The number of nitrogens with one attached hydrogen (secondary N) is 1. The van der Waals surface area contributed by atoms with Crippen molar-refractivity contribution in [3.63, 3.8) is 0 Å². The summed E-state index contributed by atoms with van der Waals surface area (Å²) in [5, 5.41) is 3.23. The summed E-state index contributed by atoms with van der Waals surface area (Å²) in [5.74, 6) is 1.21. The van der Waals surface area contributed by atoms with Crippen molar-refractivity contribution in [3.05, 3.63) is 23.2 Å². The Morgan fingerprint density at radius 1 is 1.58 bits per heavy atom. The van der Waals surface area contributed by atoms with Crippen LogP contribution in [0, 0.1) is 0 Å². The molecule has 1 fully saturated rings. The lowest BCUT2D eigenvalue weighted by Gasteiger charge is -2.10. The number of amides is 1. The van der Waals surface area contributed by atoms with Gasteiger partial charge in [0.25, 0.3) is 0 Å². The molecule has 19 heavy (non-hydrogen) atoms. The van der Waals surface area contributed by atoms with Crippen LogP contribution >= 0.6 is 23.4 Å². The molecule has 1 atom stereocenters. The monoisotopic (exact) mass is 300 g/mol. The van der Waals surface area contributed by atoms with E-state index in [-0.39, 0.29) is 5.91 Å². The van der Waals surface area contributed by atoms with Crippen molar-refractivity contribution < 1.29 is 9.53 Å². The van der Waals surface area contributed by atoms with Crippen molar-refractivity contribution in [1.29, 1.82) is 0 Å². The minimum absolute atomic E-state index is 0.0605. The van der Waals surface area contributed by atoms with Crippen molar-refractivity contribution in [2.24, 2.45) is 0 Å². The van der Waals surface area contributed by atoms with Crippen LogP contribution in [0.15, 0.2) is 18.2 Å². The lowest BCUT2D eigenvalue weighted by atomic mass is 10.3. The molecule has 0 saturated carbocycles. The van der Waals surface area contributed by atoms with Crippen molar-refractivity contribution in [2.45, 2.75) is 18.9 Å². The molecule has 104 valence electrons. The zero-order valence-electron chi connectivity index (χ0n) is 10.5. The molecule has 1 amide bonds. The van der Waals surface area contributed by atoms with Crippen molar-refractivity contribution >= 4 is 40.6 Å². The third-order valence-electron chi connectivity index (χ3n) is 2.83. The number of nitrogens with two attached hydrogens (primary N) is 1. The van der Waals surface area contributed by atoms with E-state index in [2.05, 4.69) is 5.32 Å². The summed E-state index contributed by atoms with van der Waals surface area (Å²) in [5.41, 5.74) is 6.77. The maximum absolute atomic E-state index is 11.8. The van der Waals surface area contributed by atoms with Crippen molar-refractivity contribution in [1.82, 2.24) is 0 Å². The van der Waals surface area contributed by atoms with Gasteiger partial charge < -0.3 is 15.8 Å². The molecule has 1 aromatic rings. The van der Waals surface area contributed by atoms with E-state index in [1.54, 1.807) is 30.0 Å². The number of thioether (sulfide) groups is 1. The molecule has 0 aliphatic carbocycles. The molecule has 0 radical (unpaired) electrons. The van der Waals surface area contributed by atoms with Crippen LogP contribution < -0.4 is 11.1 Å². The van der Waals surface area contributed by atoms with Gasteiger partial charge in [-0.2, -0.15) is 0 Å². The van der Waals surface area contributed by atoms with E-state index in [0.717, 1.165) is 25.2 Å². The molecule has 1 saturated heterocycles. The van der Waals surface area contributed by atoms with Gasteiger partial charge in [-0.15, -0.1) is 11.8 Å². The first-order valence-electron chi connectivity index (χ1n) is 6.19. The average molecular weight is 301 g/mol. The molecule has 1 heterocycles. The normalized spacial score (nSPS) is 18.5. The largest absolute Gasteiger partial charge is 0.399 e. The number of nitrogen functional groups attached to an aromatic ring is 1. The molecule has 0 bridgehead atoms. The summed E-state index contributed by atoms with van der Waals surface area (Å²) < 4.78 is 5.50. The SMILES string of the molecule is Nc1ccc(NC(=O)CSCC2CCCO2)c(Cl)c1. The molecule has 0 spiro atoms. The van der Waals surface area contributed by atoms with E-state index >= 15 is 0 Å². The van der Waals surface area contributed by atoms with Crippen LogP contribution in [0.25, 0.3) is 0 Å². The maximum Gasteiger partial charge on any atom is 0.234 e. The Labute approximate surface area is 122 Å². The van der Waals surface area contributed by atoms with Crippen LogP contribution in [-0.2, 0) is 9.53 Å². The molecule has 1 aliphatic rings. The van der Waals surface area contributed by atoms with Gasteiger partial charge in [0.1, 0.15) is 0 Å². The second-order valence-corrected chi connectivity index (χ2v) is 5.88. The Morgan fingerprint density at radius 3 is 3.11 bits per heavy atom. The topological polar surface area (TPSA) is 64.3 Å². The smallest absolute Gasteiger partial charge is 0.234 e. The predicted molar refractivity (Wildman–Crippen MR) is 80.8 cm³/mol. The third-order valence-corrected chi connectivity index (χ3v) is 4.21. The summed E-state index contributed by atoms with van der Waals surface area (Å²) in [6.45, 7) is 0.846. The fraction of sp³-hybridized carbons (Fsp3) is 0.462. The highest BCUT2D eigenvalue weighted by Gasteiger charge is 2.16. The quantitative estimate of drug-likeness (QED) is 0.821. The summed E-state index contributed by atoms with van der Waals surface area (Å²) >= 11 is 7.57. The number of hydrogen-bond donors (Lipinski definition) is 2. The van der Waals surface area contributed by atoms with Gasteiger partial charge in [-0.05, 0) is 31.0 Å². The van der Waals surface area contributed by atoms with Gasteiger partial charge >= 0.3 is 0 Å². The number of hydrogen-bond acceptors (Lipinski definition) is 4. The molecule has 4 nitrogen and oxygen atoms in total. The highest BCUT2D eigenvalue weighted by atomic mass is 35.5. The zero-order valence-corrected chi connectivity index (χ0v) is 12.1. The number of anilines is 2. The van der Waals surface area contributed by atoms with Crippen molar-refractivity contribution in [2.75, 3.05) is 29.2 Å². The van der Waals surface area contributed by atoms with Crippen molar-refractivity contribution in [3.8, 4) is 0 Å². The van der Waals surface area contributed by atoms with Gasteiger partial charge in [0.2, 0.25) is 5.91 Å². The minimum atomic E-state index is -0.0605. The third kappa shape index (κ3) is 4.60. The first-order valence-corrected chi connectivity index (χ1v) is 7.72. The van der Waals surface area contributed by atoms with E-state index in [4.69, 9.17) is 22.1 Å². The van der Waals surface area contributed by atoms with Crippen LogP contribution in [0.1, 0.15) is 12.8 Å². The molecular formula is C13H17ClN2O2S. The lowest BCUT2D eigenvalue weighted by molar-refractivity contribution is -0.113. The van der Waals surface area contributed by atoms with E-state index in [1.807, 2.05) is 0 Å². The second-order valence-electron chi connectivity index (χ2n) is 4.44. The first kappa shape index (κ1) is 14.5. The summed E-state index contributed by atoms with van der Waals surface area (Å²) in [6, 6.07) is 5.04. The highest BCUT2D eigenvalue weighted by Crippen LogP contribution is 2.24. The predicted octanol–water partition coefficient (Wildman–Crippen LogP) is 2.77. The van der Waals surface area contributed by atoms with Gasteiger partial charge in [-0.25, -0.2) is 0 Å². The van der Waals surface area contributed by atoms with E-state index in [0.29, 0.717) is 28.3 Å². The number of benzene rings is 1. The van der Waals surface area contributed by atoms with E-state index < -0.39 is 0 Å². The zero-order chi connectivity index (χ0) is 13.7. The van der Waals surface area contributed by atoms with Crippen LogP contribution in [0.4, 0.5) is 11.4 Å². The molecule has 1 aliphatic heterocycles. The van der Waals surface area contributed by atoms with E-state index in [9.17, 15) is 4.79 Å². The molecule has 2 rings (SSSR count). The van der Waals surface area contributed by atoms with Gasteiger partial charge in [0.15, 0.2) is 0 Å². The van der Waals surface area contributed by atoms with Gasteiger partial charge in [-0.1, -0.05) is 11.6 Å². The number of rotatable bonds is 5.